The van der Waals surface area contributed by atoms with Crippen LogP contribution >= 0.6 is 0 Å². The largest absolute Gasteiger partial charge is 0.493 e. The van der Waals surface area contributed by atoms with Gasteiger partial charge in [0.05, 0.1) is 18.8 Å². The zero-order valence-corrected chi connectivity index (χ0v) is 14.2. The Morgan fingerprint density at radius 3 is 3.04 bits per heavy atom. The highest BCUT2D eigenvalue weighted by Crippen LogP contribution is 2.26. The fourth-order valence-electron chi connectivity index (χ4n) is 2.99. The van der Waals surface area contributed by atoms with Crippen molar-refractivity contribution in [3.63, 3.8) is 0 Å². The van der Waals surface area contributed by atoms with Crippen LogP contribution in [0.2, 0.25) is 0 Å². The van der Waals surface area contributed by atoms with Crippen molar-refractivity contribution in [2.45, 2.75) is 39.7 Å². The number of para-hydroxylation sites is 1. The first-order valence-electron chi connectivity index (χ1n) is 8.54. The van der Waals surface area contributed by atoms with Crippen LogP contribution in [0, 0.1) is 11.8 Å². The van der Waals surface area contributed by atoms with Crippen LogP contribution in [-0.4, -0.2) is 17.7 Å². The fourth-order valence-corrected chi connectivity index (χ4v) is 2.99. The molecule has 128 valence electrons. The Hall–Kier alpha value is -2.30. The van der Waals surface area contributed by atoms with E-state index in [1.54, 1.807) is 0 Å². The summed E-state index contributed by atoms with van der Waals surface area (Å²) >= 11 is 0. The summed E-state index contributed by atoms with van der Waals surface area (Å²) in [4.78, 5) is 12.5. The van der Waals surface area contributed by atoms with Gasteiger partial charge in [0.1, 0.15) is 5.75 Å². The molecule has 2 heterocycles. The Bertz CT molecular complexity index is 693. The number of benzene rings is 1. The van der Waals surface area contributed by atoms with E-state index in [1.165, 1.54) is 0 Å². The molecule has 1 aliphatic rings. The third-order valence-electron chi connectivity index (χ3n) is 4.20. The Morgan fingerprint density at radius 1 is 1.38 bits per heavy atom. The van der Waals surface area contributed by atoms with Gasteiger partial charge in [0, 0.05) is 12.0 Å². The highest BCUT2D eigenvalue weighted by molar-refractivity contribution is 5.79. The number of amides is 1. The minimum atomic E-state index is -0.0771. The third-order valence-corrected chi connectivity index (χ3v) is 4.20. The van der Waals surface area contributed by atoms with Gasteiger partial charge >= 0.3 is 0 Å². The Morgan fingerprint density at radius 2 is 2.21 bits per heavy atom. The van der Waals surface area contributed by atoms with Gasteiger partial charge in [-0.2, -0.15) is 0 Å². The molecular formula is C19H24N2O3. The number of fused-ring (bicyclic) bond motifs is 1. The SMILES string of the molecule is CC(C)Cc1cc(CNC(=O)[C@@H]2CCOc3ccccc3C2)on1. The van der Waals surface area contributed by atoms with E-state index in [1.807, 2.05) is 30.3 Å². The van der Waals surface area contributed by atoms with Crippen molar-refractivity contribution in [1.29, 1.82) is 0 Å². The molecule has 1 N–H and O–H groups in total. The zero-order valence-electron chi connectivity index (χ0n) is 14.2. The molecule has 0 saturated heterocycles. The average Bonchev–Trinajstić information content (AvgIpc) is 2.88. The van der Waals surface area contributed by atoms with E-state index in [0.29, 0.717) is 31.3 Å². The second kappa shape index (κ2) is 7.51. The number of carbonyl (C=O) groups is 1. The molecule has 1 aromatic heterocycles. The van der Waals surface area contributed by atoms with Crippen molar-refractivity contribution in [3.05, 3.63) is 47.3 Å². The molecule has 5 nitrogen and oxygen atoms in total. The van der Waals surface area contributed by atoms with Crippen LogP contribution in [0.3, 0.4) is 0 Å². The molecule has 1 amide bonds. The number of rotatable bonds is 5. The van der Waals surface area contributed by atoms with Gasteiger partial charge in [-0.1, -0.05) is 37.2 Å². The van der Waals surface area contributed by atoms with E-state index < -0.39 is 0 Å². The van der Waals surface area contributed by atoms with E-state index in [2.05, 4.69) is 24.3 Å². The maximum absolute atomic E-state index is 12.5. The molecule has 1 aromatic carbocycles. The number of aromatic nitrogens is 1. The van der Waals surface area contributed by atoms with Gasteiger partial charge in [-0.3, -0.25) is 4.79 Å². The molecule has 0 unspecified atom stereocenters. The molecule has 2 aromatic rings. The van der Waals surface area contributed by atoms with Gasteiger partial charge in [-0.15, -0.1) is 0 Å². The number of hydrogen-bond acceptors (Lipinski definition) is 4. The third kappa shape index (κ3) is 4.16. The molecule has 0 radical (unpaired) electrons. The zero-order chi connectivity index (χ0) is 16.9. The summed E-state index contributed by atoms with van der Waals surface area (Å²) in [6.45, 7) is 5.23. The molecule has 3 rings (SSSR count). The quantitative estimate of drug-likeness (QED) is 0.916. The fraction of sp³-hybridized carbons (Fsp3) is 0.474. The molecule has 0 saturated carbocycles. The molecule has 24 heavy (non-hydrogen) atoms. The summed E-state index contributed by atoms with van der Waals surface area (Å²) in [5.41, 5.74) is 2.03. The van der Waals surface area contributed by atoms with Crippen LogP contribution in [0.25, 0.3) is 0 Å². The van der Waals surface area contributed by atoms with Gasteiger partial charge in [0.2, 0.25) is 5.91 Å². The van der Waals surface area contributed by atoms with Crippen molar-refractivity contribution < 1.29 is 14.1 Å². The lowest BCUT2D eigenvalue weighted by molar-refractivity contribution is -0.125. The van der Waals surface area contributed by atoms with Crippen LogP contribution in [0.15, 0.2) is 34.9 Å². The lowest BCUT2D eigenvalue weighted by atomic mass is 9.96. The smallest absolute Gasteiger partial charge is 0.223 e. The Labute approximate surface area is 142 Å². The van der Waals surface area contributed by atoms with Gasteiger partial charge in [0.25, 0.3) is 0 Å². The highest BCUT2D eigenvalue weighted by atomic mass is 16.5. The minimum absolute atomic E-state index is 0.0390. The second-order valence-corrected chi connectivity index (χ2v) is 6.75. The van der Waals surface area contributed by atoms with Gasteiger partial charge in [-0.05, 0) is 36.8 Å². The first-order valence-corrected chi connectivity index (χ1v) is 8.54. The molecule has 1 atom stereocenters. The summed E-state index contributed by atoms with van der Waals surface area (Å²) in [5.74, 6) is 2.08. The lowest BCUT2D eigenvalue weighted by Gasteiger charge is -2.13. The number of hydrogen-bond donors (Lipinski definition) is 1. The predicted molar refractivity (Wildman–Crippen MR) is 90.6 cm³/mol. The highest BCUT2D eigenvalue weighted by Gasteiger charge is 2.23. The van der Waals surface area contributed by atoms with Crippen molar-refractivity contribution >= 4 is 5.91 Å². The van der Waals surface area contributed by atoms with Crippen LogP contribution in [0.4, 0.5) is 0 Å². The minimum Gasteiger partial charge on any atom is -0.493 e. The Balaban J connectivity index is 1.56. The van der Waals surface area contributed by atoms with Crippen LogP contribution < -0.4 is 10.1 Å². The van der Waals surface area contributed by atoms with Crippen molar-refractivity contribution in [2.75, 3.05) is 6.61 Å². The summed E-state index contributed by atoms with van der Waals surface area (Å²) in [5, 5.41) is 7.01. The van der Waals surface area contributed by atoms with E-state index in [0.717, 1.165) is 29.8 Å². The summed E-state index contributed by atoms with van der Waals surface area (Å²) in [6.07, 6.45) is 2.31. The molecule has 0 aliphatic carbocycles. The first kappa shape index (κ1) is 16.6. The summed E-state index contributed by atoms with van der Waals surface area (Å²) in [6, 6.07) is 9.84. The first-order chi connectivity index (χ1) is 11.6. The van der Waals surface area contributed by atoms with Gasteiger partial charge in [0.15, 0.2) is 5.76 Å². The summed E-state index contributed by atoms with van der Waals surface area (Å²) < 4.78 is 11.0. The van der Waals surface area contributed by atoms with E-state index in [-0.39, 0.29) is 11.8 Å². The normalized spacial score (nSPS) is 17.0. The number of carbonyl (C=O) groups excluding carboxylic acids is 1. The number of ether oxygens (including phenoxy) is 1. The standard InChI is InChI=1S/C19H24N2O3/c1-13(2)9-16-11-17(24-21-16)12-20-19(22)15-7-8-23-18-6-4-3-5-14(18)10-15/h3-6,11,13,15H,7-10,12H2,1-2H3,(H,20,22)/t15-/m1/s1. The lowest BCUT2D eigenvalue weighted by Crippen LogP contribution is -2.31. The summed E-state index contributed by atoms with van der Waals surface area (Å²) in [7, 11) is 0. The van der Waals surface area contributed by atoms with Gasteiger partial charge in [-0.25, -0.2) is 0 Å². The van der Waals surface area contributed by atoms with Crippen molar-refractivity contribution in [2.24, 2.45) is 11.8 Å². The van der Waals surface area contributed by atoms with E-state index in [9.17, 15) is 4.79 Å². The molecule has 1 aliphatic heterocycles. The maximum Gasteiger partial charge on any atom is 0.223 e. The van der Waals surface area contributed by atoms with Crippen LogP contribution in [0.5, 0.6) is 5.75 Å². The van der Waals surface area contributed by atoms with Gasteiger partial charge < -0.3 is 14.6 Å². The van der Waals surface area contributed by atoms with E-state index >= 15 is 0 Å². The molecule has 0 bridgehead atoms. The van der Waals surface area contributed by atoms with Crippen molar-refractivity contribution in [1.82, 2.24) is 10.5 Å². The maximum atomic E-state index is 12.5. The molecule has 5 heteroatoms. The molecule has 0 spiro atoms. The Kier molecular flexibility index (Phi) is 5.18. The topological polar surface area (TPSA) is 64.4 Å². The van der Waals surface area contributed by atoms with Crippen LogP contribution in [-0.2, 0) is 24.2 Å². The van der Waals surface area contributed by atoms with E-state index in [4.69, 9.17) is 9.26 Å². The average molecular weight is 328 g/mol. The monoisotopic (exact) mass is 328 g/mol. The molecular weight excluding hydrogens is 304 g/mol. The van der Waals surface area contributed by atoms with Crippen molar-refractivity contribution in [3.8, 4) is 5.75 Å². The van der Waals surface area contributed by atoms with Crippen LogP contribution in [0.1, 0.15) is 37.3 Å². The number of nitrogens with zero attached hydrogens (tertiary/aromatic N) is 1. The molecule has 0 fully saturated rings. The number of nitrogens with one attached hydrogen (secondary N) is 1. The second-order valence-electron chi connectivity index (χ2n) is 6.75. The predicted octanol–water partition coefficient (Wildman–Crippen LogP) is 3.13.